The molecule has 6 nitrogen and oxygen atoms in total. The van der Waals surface area contributed by atoms with E-state index in [0.717, 1.165) is 22.3 Å². The number of carboxylic acids is 2. The number of hydrogen-bond acceptors (Lipinski definition) is 4. The third-order valence-electron chi connectivity index (χ3n) is 5.46. The summed E-state index contributed by atoms with van der Waals surface area (Å²) >= 11 is 0. The third kappa shape index (κ3) is 4.08. The Balaban J connectivity index is 1.61. The summed E-state index contributed by atoms with van der Waals surface area (Å²) in [5, 5.41) is 32.4. The lowest BCUT2D eigenvalue weighted by atomic mass is 9.85. The highest BCUT2D eigenvalue weighted by atomic mass is 16.4. The van der Waals surface area contributed by atoms with Crippen molar-refractivity contribution in [2.24, 2.45) is 5.41 Å². The van der Waals surface area contributed by atoms with E-state index in [2.05, 4.69) is 5.32 Å². The molecule has 2 unspecified atom stereocenters. The molecule has 1 aliphatic rings. The lowest BCUT2D eigenvalue weighted by molar-refractivity contribution is -0.163. The van der Waals surface area contributed by atoms with Crippen LogP contribution in [0.2, 0.25) is 0 Å². The van der Waals surface area contributed by atoms with Gasteiger partial charge in [0.1, 0.15) is 0 Å². The number of benzene rings is 2. The normalized spacial score (nSPS) is 16.9. The van der Waals surface area contributed by atoms with Gasteiger partial charge in [0.15, 0.2) is 5.41 Å². The average Bonchev–Trinajstić information content (AvgIpc) is 3.07. The minimum Gasteiger partial charge on any atom is -0.480 e. The summed E-state index contributed by atoms with van der Waals surface area (Å²) in [6, 6.07) is 15.2. The molecule has 0 fully saturated rings. The van der Waals surface area contributed by atoms with Crippen LogP contribution >= 0.6 is 0 Å². The van der Waals surface area contributed by atoms with Crippen molar-refractivity contribution in [1.82, 2.24) is 5.32 Å². The van der Waals surface area contributed by atoms with Crippen LogP contribution in [0.4, 0.5) is 0 Å². The molecule has 0 radical (unpaired) electrons. The SMILES string of the molecule is CC(Cc1ccc2c(c1)CC(C(=O)O)(C(=O)O)C2)NCC(O)c1ccccc1. The maximum atomic E-state index is 11.5. The summed E-state index contributed by atoms with van der Waals surface area (Å²) in [7, 11) is 0. The summed E-state index contributed by atoms with van der Waals surface area (Å²) in [4.78, 5) is 23.1. The van der Waals surface area contributed by atoms with Crippen LogP contribution in [0, 0.1) is 5.41 Å². The summed E-state index contributed by atoms with van der Waals surface area (Å²) < 4.78 is 0. The van der Waals surface area contributed by atoms with E-state index in [1.807, 2.05) is 55.5 Å². The van der Waals surface area contributed by atoms with Gasteiger partial charge in [-0.25, -0.2) is 0 Å². The van der Waals surface area contributed by atoms with Crippen molar-refractivity contribution in [2.45, 2.75) is 38.3 Å². The zero-order valence-corrected chi connectivity index (χ0v) is 15.8. The summed E-state index contributed by atoms with van der Waals surface area (Å²) in [5.41, 5.74) is 1.69. The molecule has 1 aliphatic carbocycles. The molecule has 148 valence electrons. The van der Waals surface area contributed by atoms with Gasteiger partial charge in [-0.1, -0.05) is 48.5 Å². The van der Waals surface area contributed by atoms with Gasteiger partial charge in [0.2, 0.25) is 0 Å². The maximum Gasteiger partial charge on any atom is 0.321 e. The van der Waals surface area contributed by atoms with Crippen molar-refractivity contribution < 1.29 is 24.9 Å². The molecule has 0 saturated carbocycles. The molecule has 0 amide bonds. The van der Waals surface area contributed by atoms with Gasteiger partial charge in [-0.3, -0.25) is 9.59 Å². The molecule has 0 saturated heterocycles. The number of carbonyl (C=O) groups is 2. The molecule has 0 spiro atoms. The van der Waals surface area contributed by atoms with Gasteiger partial charge in [-0.15, -0.1) is 0 Å². The summed E-state index contributed by atoms with van der Waals surface area (Å²) in [5.74, 6) is -2.58. The fourth-order valence-corrected chi connectivity index (χ4v) is 3.78. The van der Waals surface area contributed by atoms with E-state index >= 15 is 0 Å². The molecule has 0 aliphatic heterocycles. The molecule has 2 atom stereocenters. The average molecular weight is 383 g/mol. The smallest absolute Gasteiger partial charge is 0.321 e. The number of carboxylic acid groups (broad SMARTS) is 2. The van der Waals surface area contributed by atoms with Gasteiger partial charge in [0.25, 0.3) is 0 Å². The predicted molar refractivity (Wildman–Crippen MR) is 104 cm³/mol. The molecule has 6 heteroatoms. The second-order valence-corrected chi connectivity index (χ2v) is 7.59. The van der Waals surface area contributed by atoms with Gasteiger partial charge < -0.3 is 20.6 Å². The van der Waals surface area contributed by atoms with E-state index in [0.29, 0.717) is 13.0 Å². The first-order valence-corrected chi connectivity index (χ1v) is 9.35. The highest BCUT2D eigenvalue weighted by Crippen LogP contribution is 2.38. The first-order valence-electron chi connectivity index (χ1n) is 9.35. The van der Waals surface area contributed by atoms with Gasteiger partial charge in [0.05, 0.1) is 6.10 Å². The first-order chi connectivity index (χ1) is 13.3. The fraction of sp³-hybridized carbons (Fsp3) is 0.364. The van der Waals surface area contributed by atoms with Crippen molar-refractivity contribution >= 4 is 11.9 Å². The van der Waals surface area contributed by atoms with E-state index in [1.54, 1.807) is 0 Å². The molecule has 3 rings (SSSR count). The highest BCUT2D eigenvalue weighted by molar-refractivity contribution is 5.99. The monoisotopic (exact) mass is 383 g/mol. The number of aliphatic hydroxyl groups is 1. The second kappa shape index (κ2) is 8.12. The molecular formula is C22H25NO5. The van der Waals surface area contributed by atoms with E-state index < -0.39 is 23.5 Å². The van der Waals surface area contributed by atoms with Crippen molar-refractivity contribution in [1.29, 1.82) is 0 Å². The molecule has 2 aromatic carbocycles. The minimum absolute atomic E-state index is 0.00930. The summed E-state index contributed by atoms with van der Waals surface area (Å²) in [6.07, 6.45) is 0.136. The number of aliphatic carboxylic acids is 2. The Labute approximate surface area is 163 Å². The number of rotatable bonds is 8. The molecule has 0 bridgehead atoms. The van der Waals surface area contributed by atoms with Crippen LogP contribution in [-0.4, -0.2) is 39.8 Å². The Bertz CT molecular complexity index is 850. The van der Waals surface area contributed by atoms with Crippen molar-refractivity contribution in [3.63, 3.8) is 0 Å². The molecule has 28 heavy (non-hydrogen) atoms. The van der Waals surface area contributed by atoms with E-state index in [4.69, 9.17) is 0 Å². The molecule has 0 heterocycles. The molecule has 0 aromatic heterocycles. The topological polar surface area (TPSA) is 107 Å². The van der Waals surface area contributed by atoms with Crippen LogP contribution in [0.5, 0.6) is 0 Å². The lowest BCUT2D eigenvalue weighted by Crippen LogP contribution is -2.40. The lowest BCUT2D eigenvalue weighted by Gasteiger charge is -2.18. The van der Waals surface area contributed by atoms with Gasteiger partial charge >= 0.3 is 11.9 Å². The van der Waals surface area contributed by atoms with Crippen molar-refractivity contribution in [3.8, 4) is 0 Å². The number of nitrogens with one attached hydrogen (secondary N) is 1. The van der Waals surface area contributed by atoms with Gasteiger partial charge in [0, 0.05) is 12.6 Å². The summed E-state index contributed by atoms with van der Waals surface area (Å²) in [6.45, 7) is 2.45. The number of hydrogen-bond donors (Lipinski definition) is 4. The quantitative estimate of drug-likeness (QED) is 0.521. The molecular weight excluding hydrogens is 358 g/mol. The van der Waals surface area contributed by atoms with Crippen molar-refractivity contribution in [2.75, 3.05) is 6.54 Å². The van der Waals surface area contributed by atoms with Crippen LogP contribution in [0.25, 0.3) is 0 Å². The largest absolute Gasteiger partial charge is 0.480 e. The number of aliphatic hydroxyl groups excluding tert-OH is 1. The molecule has 2 aromatic rings. The highest BCUT2D eigenvalue weighted by Gasteiger charge is 2.50. The Morgan fingerprint density at radius 3 is 2.32 bits per heavy atom. The first kappa shape index (κ1) is 20.0. The standard InChI is InChI=1S/C22H25NO5/c1-14(23-13-19(24)16-5-3-2-4-6-16)9-15-7-8-17-11-22(20(25)26,21(27)28)12-18(17)10-15/h2-8,10,14,19,23-24H,9,11-13H2,1H3,(H,25,26)(H,27,28). The predicted octanol–water partition coefficient (Wildman–Crippen LogP) is 2.20. The maximum absolute atomic E-state index is 11.5. The minimum atomic E-state index is -1.76. The van der Waals surface area contributed by atoms with E-state index in [9.17, 15) is 24.9 Å². The van der Waals surface area contributed by atoms with Crippen LogP contribution in [0.15, 0.2) is 48.5 Å². The van der Waals surface area contributed by atoms with E-state index in [1.165, 1.54) is 0 Å². The van der Waals surface area contributed by atoms with Gasteiger partial charge in [-0.2, -0.15) is 0 Å². The third-order valence-corrected chi connectivity index (χ3v) is 5.46. The zero-order valence-electron chi connectivity index (χ0n) is 15.8. The van der Waals surface area contributed by atoms with Crippen LogP contribution < -0.4 is 5.32 Å². The van der Waals surface area contributed by atoms with E-state index in [-0.39, 0.29) is 18.9 Å². The van der Waals surface area contributed by atoms with Crippen LogP contribution in [0.3, 0.4) is 0 Å². The zero-order chi connectivity index (χ0) is 20.3. The number of fused-ring (bicyclic) bond motifs is 1. The second-order valence-electron chi connectivity index (χ2n) is 7.59. The Morgan fingerprint density at radius 2 is 1.68 bits per heavy atom. The van der Waals surface area contributed by atoms with Crippen LogP contribution in [0.1, 0.15) is 35.3 Å². The Kier molecular flexibility index (Phi) is 5.82. The molecule has 4 N–H and O–H groups in total. The Morgan fingerprint density at radius 1 is 1.04 bits per heavy atom. The fourth-order valence-electron chi connectivity index (χ4n) is 3.78. The van der Waals surface area contributed by atoms with Gasteiger partial charge in [-0.05, 0) is 48.4 Å². The Hall–Kier alpha value is -2.70. The van der Waals surface area contributed by atoms with Crippen LogP contribution in [-0.2, 0) is 28.9 Å². The van der Waals surface area contributed by atoms with Crippen molar-refractivity contribution in [3.05, 3.63) is 70.8 Å².